The molecule has 0 saturated heterocycles. The molecular formula is C16H31F3. The monoisotopic (exact) mass is 280 g/mol. The first-order chi connectivity index (χ1) is 8.99. The van der Waals surface area contributed by atoms with Crippen molar-refractivity contribution in [2.24, 2.45) is 5.92 Å². The van der Waals surface area contributed by atoms with Gasteiger partial charge in [-0.2, -0.15) is 13.2 Å². The van der Waals surface area contributed by atoms with Crippen LogP contribution in [0.4, 0.5) is 13.2 Å². The van der Waals surface area contributed by atoms with Crippen LogP contribution in [-0.4, -0.2) is 6.18 Å². The Labute approximate surface area is 117 Å². The molecule has 0 atom stereocenters. The minimum absolute atomic E-state index is 0.287. The fraction of sp³-hybridized carbons (Fsp3) is 1.00. The number of halogens is 3. The van der Waals surface area contributed by atoms with Gasteiger partial charge in [0, 0.05) is 6.42 Å². The van der Waals surface area contributed by atoms with Crippen LogP contribution in [0.15, 0.2) is 0 Å². The van der Waals surface area contributed by atoms with E-state index in [1.54, 1.807) is 0 Å². The van der Waals surface area contributed by atoms with Crippen LogP contribution in [0.2, 0.25) is 0 Å². The van der Waals surface area contributed by atoms with Crippen LogP contribution < -0.4 is 0 Å². The lowest BCUT2D eigenvalue weighted by molar-refractivity contribution is -0.137. The van der Waals surface area contributed by atoms with E-state index in [1.165, 1.54) is 38.5 Å². The maximum atomic E-state index is 12.3. The molecule has 116 valence electrons. The van der Waals surface area contributed by atoms with Crippen molar-refractivity contribution in [3.8, 4) is 0 Å². The second kappa shape index (κ2) is 11.6. The summed E-state index contributed by atoms with van der Waals surface area (Å²) in [5.74, 6) is 0.287. The molecule has 0 aliphatic carbocycles. The number of alkyl halides is 3. The summed E-state index contributed by atoms with van der Waals surface area (Å²) in [7, 11) is 0. The van der Waals surface area contributed by atoms with Crippen LogP contribution in [0.5, 0.6) is 0 Å². The molecule has 0 aromatic carbocycles. The molecular weight excluding hydrogens is 249 g/mol. The maximum absolute atomic E-state index is 12.3. The number of hydrogen-bond acceptors (Lipinski definition) is 0. The average Bonchev–Trinajstić information content (AvgIpc) is 2.34. The predicted octanol–water partition coefficient (Wildman–Crippen LogP) is 6.89. The zero-order chi connectivity index (χ0) is 14.6. The molecule has 0 heterocycles. The average molecular weight is 280 g/mol. The number of unbranched alkanes of at least 4 members (excludes halogenated alkanes) is 6. The SMILES string of the molecule is CCCCCCC(CCCCCC)CCC(F)(F)F. The Hall–Kier alpha value is -0.210. The molecule has 0 aromatic heterocycles. The molecule has 0 spiro atoms. The predicted molar refractivity (Wildman–Crippen MR) is 76.3 cm³/mol. The Bertz CT molecular complexity index is 175. The van der Waals surface area contributed by atoms with E-state index in [9.17, 15) is 13.2 Å². The van der Waals surface area contributed by atoms with Crippen LogP contribution in [0.1, 0.15) is 90.9 Å². The topological polar surface area (TPSA) is 0 Å². The molecule has 0 rings (SSSR count). The maximum Gasteiger partial charge on any atom is 0.389 e. The van der Waals surface area contributed by atoms with Crippen molar-refractivity contribution in [2.45, 2.75) is 97.1 Å². The zero-order valence-corrected chi connectivity index (χ0v) is 12.7. The minimum atomic E-state index is -3.98. The van der Waals surface area contributed by atoms with Gasteiger partial charge in [0.15, 0.2) is 0 Å². The summed E-state index contributed by atoms with van der Waals surface area (Å²) >= 11 is 0. The molecule has 0 aromatic rings. The third-order valence-electron chi connectivity index (χ3n) is 3.77. The fourth-order valence-corrected chi connectivity index (χ4v) is 2.52. The quantitative estimate of drug-likeness (QED) is 0.341. The summed E-state index contributed by atoms with van der Waals surface area (Å²) in [4.78, 5) is 0. The smallest absolute Gasteiger partial charge is 0.171 e. The number of rotatable bonds is 12. The molecule has 0 saturated carbocycles. The highest BCUT2D eigenvalue weighted by molar-refractivity contribution is 4.64. The molecule has 0 amide bonds. The standard InChI is InChI=1S/C16H31F3/c1-3-5-7-9-11-15(12-10-8-6-4-2)13-14-16(17,18)19/h15H,3-14H2,1-2H3. The molecule has 3 heteroatoms. The largest absolute Gasteiger partial charge is 0.389 e. The Morgan fingerprint density at radius 1 is 0.684 bits per heavy atom. The molecule has 0 aliphatic rings. The summed E-state index contributed by atoms with van der Waals surface area (Å²) in [5.41, 5.74) is 0. The first-order valence-electron chi connectivity index (χ1n) is 8.06. The van der Waals surface area contributed by atoms with E-state index >= 15 is 0 Å². The summed E-state index contributed by atoms with van der Waals surface area (Å²) in [5, 5.41) is 0. The van der Waals surface area contributed by atoms with E-state index in [-0.39, 0.29) is 5.92 Å². The molecule has 0 fully saturated rings. The van der Waals surface area contributed by atoms with E-state index < -0.39 is 12.6 Å². The van der Waals surface area contributed by atoms with E-state index in [2.05, 4.69) is 13.8 Å². The lowest BCUT2D eigenvalue weighted by atomic mass is 9.90. The van der Waals surface area contributed by atoms with Gasteiger partial charge in [0.2, 0.25) is 0 Å². The van der Waals surface area contributed by atoms with Crippen LogP contribution in [0.3, 0.4) is 0 Å². The van der Waals surface area contributed by atoms with Crippen molar-refractivity contribution < 1.29 is 13.2 Å². The van der Waals surface area contributed by atoms with Crippen LogP contribution in [0, 0.1) is 5.92 Å². The molecule has 0 bridgehead atoms. The third-order valence-corrected chi connectivity index (χ3v) is 3.77. The van der Waals surface area contributed by atoms with Crippen molar-refractivity contribution in [2.75, 3.05) is 0 Å². The van der Waals surface area contributed by atoms with Crippen LogP contribution >= 0.6 is 0 Å². The normalized spacial score (nSPS) is 12.3. The lowest BCUT2D eigenvalue weighted by Gasteiger charge is -2.18. The van der Waals surface area contributed by atoms with E-state index in [4.69, 9.17) is 0 Å². The minimum Gasteiger partial charge on any atom is -0.171 e. The summed E-state index contributed by atoms with van der Waals surface area (Å²) < 4.78 is 36.9. The highest BCUT2D eigenvalue weighted by atomic mass is 19.4. The van der Waals surface area contributed by atoms with Gasteiger partial charge in [-0.1, -0.05) is 78.1 Å². The van der Waals surface area contributed by atoms with Crippen molar-refractivity contribution in [1.82, 2.24) is 0 Å². The fourth-order valence-electron chi connectivity index (χ4n) is 2.52. The van der Waals surface area contributed by atoms with Crippen molar-refractivity contribution >= 4 is 0 Å². The van der Waals surface area contributed by atoms with E-state index in [0.29, 0.717) is 6.42 Å². The number of hydrogen-bond donors (Lipinski definition) is 0. The second-order valence-electron chi connectivity index (χ2n) is 5.72. The van der Waals surface area contributed by atoms with Gasteiger partial charge < -0.3 is 0 Å². The molecule has 0 N–H and O–H groups in total. The van der Waals surface area contributed by atoms with Crippen molar-refractivity contribution in [3.05, 3.63) is 0 Å². The third kappa shape index (κ3) is 14.0. The zero-order valence-electron chi connectivity index (χ0n) is 12.7. The Kier molecular flexibility index (Phi) is 11.5. The van der Waals surface area contributed by atoms with Gasteiger partial charge in [-0.15, -0.1) is 0 Å². The summed E-state index contributed by atoms with van der Waals surface area (Å²) in [6, 6.07) is 0. The Morgan fingerprint density at radius 2 is 1.16 bits per heavy atom. The second-order valence-corrected chi connectivity index (χ2v) is 5.72. The van der Waals surface area contributed by atoms with Crippen molar-refractivity contribution in [1.29, 1.82) is 0 Å². The van der Waals surface area contributed by atoms with Crippen LogP contribution in [-0.2, 0) is 0 Å². The first kappa shape index (κ1) is 18.8. The molecule has 0 aliphatic heterocycles. The van der Waals surface area contributed by atoms with Crippen molar-refractivity contribution in [3.63, 3.8) is 0 Å². The summed E-state index contributed by atoms with van der Waals surface area (Å²) in [6.45, 7) is 4.32. The van der Waals surface area contributed by atoms with Gasteiger partial charge in [-0.05, 0) is 12.3 Å². The van der Waals surface area contributed by atoms with Gasteiger partial charge in [-0.3, -0.25) is 0 Å². The molecule has 0 unspecified atom stereocenters. The Balaban J connectivity index is 3.85. The van der Waals surface area contributed by atoms with E-state index in [0.717, 1.165) is 25.7 Å². The molecule has 0 nitrogen and oxygen atoms in total. The van der Waals surface area contributed by atoms with Gasteiger partial charge >= 0.3 is 6.18 Å². The molecule has 19 heavy (non-hydrogen) atoms. The van der Waals surface area contributed by atoms with Gasteiger partial charge in [0.1, 0.15) is 0 Å². The van der Waals surface area contributed by atoms with E-state index in [1.807, 2.05) is 0 Å². The Morgan fingerprint density at radius 3 is 1.53 bits per heavy atom. The van der Waals surface area contributed by atoms with Crippen LogP contribution in [0.25, 0.3) is 0 Å². The highest BCUT2D eigenvalue weighted by Crippen LogP contribution is 2.29. The van der Waals surface area contributed by atoms with Gasteiger partial charge in [0.25, 0.3) is 0 Å². The van der Waals surface area contributed by atoms with Gasteiger partial charge in [0.05, 0.1) is 0 Å². The first-order valence-corrected chi connectivity index (χ1v) is 8.06. The summed E-state index contributed by atoms with van der Waals surface area (Å²) in [6.07, 6.45) is 7.07. The highest BCUT2D eigenvalue weighted by Gasteiger charge is 2.27. The van der Waals surface area contributed by atoms with Gasteiger partial charge in [-0.25, -0.2) is 0 Å². The lowest BCUT2D eigenvalue weighted by Crippen LogP contribution is -2.11. The molecule has 0 radical (unpaired) electrons.